The highest BCUT2D eigenvalue weighted by molar-refractivity contribution is 5.76. The Balaban J connectivity index is 0. The van der Waals surface area contributed by atoms with Crippen LogP contribution in [0.3, 0.4) is 0 Å². The van der Waals surface area contributed by atoms with Gasteiger partial charge in [-0.15, -0.1) is 5.10 Å². The summed E-state index contributed by atoms with van der Waals surface area (Å²) in [6.07, 6.45) is 7.19. The molecule has 0 aliphatic heterocycles. The quantitative estimate of drug-likeness (QED) is 0.210. The van der Waals surface area contributed by atoms with Crippen molar-refractivity contribution >= 4 is 5.84 Å². The van der Waals surface area contributed by atoms with Crippen LogP contribution in [0.15, 0.2) is 41.7 Å². The Morgan fingerprint density at radius 2 is 1.93 bits per heavy atom. The zero-order valence-corrected chi connectivity index (χ0v) is 9.64. The van der Waals surface area contributed by atoms with Gasteiger partial charge in [0.15, 0.2) is 0 Å². The summed E-state index contributed by atoms with van der Waals surface area (Å²) in [7, 11) is 1.61. The number of nitrogens with two attached hydrogens (primary N) is 3. The normalized spacial score (nSPS) is 12.0. The molecule has 0 saturated heterocycles. The third kappa shape index (κ3) is 18.9. The molecule has 6 N–H and O–H groups in total. The molecule has 0 aromatic rings. The number of amidine groups is 1. The second-order valence-electron chi connectivity index (χ2n) is 2.71. The maximum Gasteiger partial charge on any atom is 0.118 e. The number of hydrogen-bond donors (Lipinski definition) is 3. The number of hydrogen-bond acceptors (Lipinski definition) is 4. The predicted octanol–water partition coefficient (Wildman–Crippen LogP) is 0.675. The van der Waals surface area contributed by atoms with Gasteiger partial charge in [-0.3, -0.25) is 0 Å². The fraction of sp³-hybridized carbons (Fsp3) is 0.300. The van der Waals surface area contributed by atoms with E-state index in [4.69, 9.17) is 17.3 Å². The number of rotatable bonds is 3. The molecule has 86 valence electrons. The molecule has 0 radical (unpaired) electrons. The van der Waals surface area contributed by atoms with E-state index in [-0.39, 0.29) is 0 Å². The zero-order valence-electron chi connectivity index (χ0n) is 9.64. The third-order valence-electron chi connectivity index (χ3n) is 1.03. The number of hydrazine groups is 1. The molecule has 0 amide bonds. The molecule has 0 saturated carbocycles. The minimum atomic E-state index is 0.463. The second kappa shape index (κ2) is 10.3. The molecular formula is C10H21N5. The van der Waals surface area contributed by atoms with Gasteiger partial charge in [-0.25, -0.2) is 11.0 Å². The van der Waals surface area contributed by atoms with Crippen molar-refractivity contribution in [2.45, 2.75) is 13.8 Å². The fourth-order valence-corrected chi connectivity index (χ4v) is 0.524. The first-order valence-corrected chi connectivity index (χ1v) is 4.44. The van der Waals surface area contributed by atoms with Crippen LogP contribution in [0, 0.1) is 0 Å². The van der Waals surface area contributed by atoms with Crippen LogP contribution >= 0.6 is 0 Å². The number of allylic oxidation sites excluding steroid dienone is 4. The smallest absolute Gasteiger partial charge is 0.118 e. The zero-order chi connectivity index (χ0) is 12.3. The van der Waals surface area contributed by atoms with Crippen LogP contribution in [0.4, 0.5) is 0 Å². The van der Waals surface area contributed by atoms with Gasteiger partial charge < -0.3 is 11.5 Å². The fourth-order valence-electron chi connectivity index (χ4n) is 0.524. The Labute approximate surface area is 91.6 Å². The monoisotopic (exact) mass is 211 g/mol. The molecular weight excluding hydrogens is 190 g/mol. The second-order valence-corrected chi connectivity index (χ2v) is 2.71. The van der Waals surface area contributed by atoms with Crippen LogP contribution < -0.4 is 17.3 Å². The van der Waals surface area contributed by atoms with Crippen molar-refractivity contribution in [3.63, 3.8) is 0 Å². The van der Waals surface area contributed by atoms with Crippen molar-refractivity contribution in [3.8, 4) is 0 Å². The Morgan fingerprint density at radius 3 is 2.13 bits per heavy atom. The predicted molar refractivity (Wildman–Crippen MR) is 66.5 cm³/mol. The lowest BCUT2D eigenvalue weighted by Gasteiger charge is -2.01. The summed E-state index contributed by atoms with van der Waals surface area (Å²) in [5.41, 5.74) is 11.2. The Morgan fingerprint density at radius 1 is 1.40 bits per heavy atom. The van der Waals surface area contributed by atoms with Crippen LogP contribution in [0.5, 0.6) is 0 Å². The molecule has 0 spiro atoms. The lowest BCUT2D eigenvalue weighted by molar-refractivity contribution is 0.371. The van der Waals surface area contributed by atoms with Gasteiger partial charge in [0.1, 0.15) is 5.84 Å². The number of hydrazone groups is 1. The van der Waals surface area contributed by atoms with E-state index in [2.05, 4.69) is 11.7 Å². The lowest BCUT2D eigenvalue weighted by atomic mass is 10.4. The molecule has 5 nitrogen and oxygen atoms in total. The van der Waals surface area contributed by atoms with Gasteiger partial charge in [0.05, 0.1) is 0 Å². The van der Waals surface area contributed by atoms with Crippen molar-refractivity contribution in [2.75, 3.05) is 7.05 Å². The van der Waals surface area contributed by atoms with E-state index in [1.54, 1.807) is 26.1 Å². The summed E-state index contributed by atoms with van der Waals surface area (Å²) in [6.45, 7) is 7.09. The first-order chi connectivity index (χ1) is 6.93. The van der Waals surface area contributed by atoms with Gasteiger partial charge in [0.2, 0.25) is 0 Å². The maximum atomic E-state index is 5.35. The molecule has 0 aliphatic rings. The Hall–Kier alpha value is -1.75. The van der Waals surface area contributed by atoms with E-state index in [0.717, 1.165) is 5.12 Å². The summed E-state index contributed by atoms with van der Waals surface area (Å²) in [5.74, 6) is 5.52. The summed E-state index contributed by atoms with van der Waals surface area (Å²) < 4.78 is 0. The summed E-state index contributed by atoms with van der Waals surface area (Å²) in [4.78, 5) is 0. The molecule has 0 aromatic carbocycles. The van der Waals surface area contributed by atoms with E-state index in [9.17, 15) is 0 Å². The third-order valence-corrected chi connectivity index (χ3v) is 1.03. The van der Waals surface area contributed by atoms with Gasteiger partial charge in [-0.05, 0) is 26.0 Å². The average molecular weight is 211 g/mol. The van der Waals surface area contributed by atoms with Crippen LogP contribution in [-0.2, 0) is 0 Å². The van der Waals surface area contributed by atoms with Gasteiger partial charge in [-0.1, -0.05) is 18.7 Å². The minimum absolute atomic E-state index is 0.463. The van der Waals surface area contributed by atoms with Crippen LogP contribution in [-0.4, -0.2) is 18.0 Å². The minimum Gasteiger partial charge on any atom is -0.399 e. The summed E-state index contributed by atoms with van der Waals surface area (Å²) >= 11 is 0. The SMILES string of the molecule is C/C(N)=N/N(C)N.C=C/C(N)=C\C=C/C. The molecule has 0 heterocycles. The molecule has 0 bridgehead atoms. The van der Waals surface area contributed by atoms with Crippen LogP contribution in [0.1, 0.15) is 13.8 Å². The van der Waals surface area contributed by atoms with Crippen LogP contribution in [0.2, 0.25) is 0 Å². The van der Waals surface area contributed by atoms with Gasteiger partial charge in [0.25, 0.3) is 0 Å². The Bertz CT molecular complexity index is 247. The molecule has 0 aliphatic carbocycles. The van der Waals surface area contributed by atoms with Crippen LogP contribution in [0.25, 0.3) is 0 Å². The van der Waals surface area contributed by atoms with E-state index >= 15 is 0 Å². The maximum absolute atomic E-state index is 5.35. The average Bonchev–Trinajstić information content (AvgIpc) is 2.12. The standard InChI is InChI=1S/C7H11N.C3H10N4/c1-3-5-6-7(8)4-2;1-3(4)6-7(2)5/h3-6H,2,8H2,1H3;5H2,1-2H3,(H2,4,6)/b5-3-,7-6+;. The molecule has 0 fully saturated rings. The molecule has 0 atom stereocenters. The van der Waals surface area contributed by atoms with E-state index in [1.807, 2.05) is 19.1 Å². The largest absolute Gasteiger partial charge is 0.399 e. The molecule has 15 heavy (non-hydrogen) atoms. The van der Waals surface area contributed by atoms with Gasteiger partial charge in [0, 0.05) is 12.7 Å². The van der Waals surface area contributed by atoms with Crippen molar-refractivity contribution in [2.24, 2.45) is 22.4 Å². The van der Waals surface area contributed by atoms with Crippen molar-refractivity contribution in [1.82, 2.24) is 5.12 Å². The van der Waals surface area contributed by atoms with Gasteiger partial charge in [-0.2, -0.15) is 0 Å². The van der Waals surface area contributed by atoms with Crippen molar-refractivity contribution in [1.29, 1.82) is 0 Å². The van der Waals surface area contributed by atoms with E-state index in [1.165, 1.54) is 0 Å². The Kier molecular flexibility index (Phi) is 10.8. The molecule has 0 aromatic heterocycles. The molecule has 5 heteroatoms. The van der Waals surface area contributed by atoms with E-state index in [0.29, 0.717) is 11.5 Å². The first-order valence-electron chi connectivity index (χ1n) is 4.44. The van der Waals surface area contributed by atoms with E-state index < -0.39 is 0 Å². The van der Waals surface area contributed by atoms with Gasteiger partial charge >= 0.3 is 0 Å². The summed E-state index contributed by atoms with van der Waals surface area (Å²) in [5, 5.41) is 4.75. The van der Waals surface area contributed by atoms with Crippen molar-refractivity contribution in [3.05, 3.63) is 36.6 Å². The molecule has 0 unspecified atom stereocenters. The number of nitrogens with zero attached hydrogens (tertiary/aromatic N) is 2. The highest BCUT2D eigenvalue weighted by atomic mass is 15.6. The lowest BCUT2D eigenvalue weighted by Crippen LogP contribution is -2.23. The highest BCUT2D eigenvalue weighted by Crippen LogP contribution is 1.83. The highest BCUT2D eigenvalue weighted by Gasteiger charge is 1.77. The molecule has 0 rings (SSSR count). The first kappa shape index (κ1) is 15.7. The van der Waals surface area contributed by atoms with Crippen molar-refractivity contribution < 1.29 is 0 Å². The summed E-state index contributed by atoms with van der Waals surface area (Å²) in [6, 6.07) is 0. The topological polar surface area (TPSA) is 93.7 Å².